The summed E-state index contributed by atoms with van der Waals surface area (Å²) in [5.74, 6) is 2.32. The molecule has 116 valence electrons. The molecule has 0 heterocycles. The first kappa shape index (κ1) is 18.9. The number of hydrogen-bond acceptors (Lipinski definition) is 2. The van der Waals surface area contributed by atoms with Crippen LogP contribution in [0.25, 0.3) is 0 Å². The van der Waals surface area contributed by atoms with Crippen LogP contribution in [-0.2, 0) is 0 Å². The highest BCUT2D eigenvalue weighted by molar-refractivity contribution is 4.75. The molecule has 0 fully saturated rings. The second kappa shape index (κ2) is 10.7. The van der Waals surface area contributed by atoms with Crippen LogP contribution in [0.3, 0.4) is 0 Å². The number of nitrogens with one attached hydrogen (secondary N) is 1. The monoisotopic (exact) mass is 270 g/mol. The van der Waals surface area contributed by atoms with Gasteiger partial charge in [-0.25, -0.2) is 0 Å². The molecule has 0 aromatic carbocycles. The third-order valence-corrected chi connectivity index (χ3v) is 3.77. The Morgan fingerprint density at radius 3 is 1.63 bits per heavy atom. The molecule has 0 spiro atoms. The zero-order valence-corrected chi connectivity index (χ0v) is 14.5. The van der Waals surface area contributed by atoms with Crippen molar-refractivity contribution in [2.24, 2.45) is 17.8 Å². The Kier molecular flexibility index (Phi) is 10.6. The van der Waals surface area contributed by atoms with Gasteiger partial charge in [0.1, 0.15) is 0 Å². The van der Waals surface area contributed by atoms with E-state index in [1.54, 1.807) is 0 Å². The molecule has 0 rings (SSSR count). The lowest BCUT2D eigenvalue weighted by atomic mass is 10.0. The maximum absolute atomic E-state index is 3.65. The average Bonchev–Trinajstić information content (AvgIpc) is 2.30. The summed E-state index contributed by atoms with van der Waals surface area (Å²) in [6, 6.07) is 0.629. The van der Waals surface area contributed by atoms with Crippen LogP contribution in [0.5, 0.6) is 0 Å². The minimum Gasteiger partial charge on any atom is -0.313 e. The van der Waals surface area contributed by atoms with Gasteiger partial charge < -0.3 is 10.2 Å². The van der Waals surface area contributed by atoms with E-state index in [0.29, 0.717) is 12.0 Å². The first-order valence-electron chi connectivity index (χ1n) is 8.32. The van der Waals surface area contributed by atoms with E-state index < -0.39 is 0 Å². The molecule has 0 aliphatic carbocycles. The van der Waals surface area contributed by atoms with Crippen LogP contribution in [-0.4, -0.2) is 37.1 Å². The fourth-order valence-electron chi connectivity index (χ4n) is 2.23. The van der Waals surface area contributed by atoms with Gasteiger partial charge in [0.2, 0.25) is 0 Å². The summed E-state index contributed by atoms with van der Waals surface area (Å²) in [6.07, 6.45) is 2.63. The Labute approximate surface area is 122 Å². The van der Waals surface area contributed by atoms with Crippen LogP contribution in [0.15, 0.2) is 0 Å². The van der Waals surface area contributed by atoms with Crippen molar-refractivity contribution >= 4 is 0 Å². The first-order valence-corrected chi connectivity index (χ1v) is 8.32. The van der Waals surface area contributed by atoms with Gasteiger partial charge in [0.25, 0.3) is 0 Å². The maximum Gasteiger partial charge on any atom is 0.0217 e. The van der Waals surface area contributed by atoms with Crippen molar-refractivity contribution in [2.75, 3.05) is 26.2 Å². The zero-order chi connectivity index (χ0) is 14.8. The highest BCUT2D eigenvalue weighted by Crippen LogP contribution is 2.10. The fraction of sp³-hybridized carbons (Fsp3) is 1.00. The lowest BCUT2D eigenvalue weighted by molar-refractivity contribution is 0.200. The van der Waals surface area contributed by atoms with Crippen molar-refractivity contribution in [3.8, 4) is 0 Å². The van der Waals surface area contributed by atoms with Gasteiger partial charge in [0.05, 0.1) is 0 Å². The van der Waals surface area contributed by atoms with Crippen LogP contribution in [0, 0.1) is 17.8 Å². The van der Waals surface area contributed by atoms with E-state index in [9.17, 15) is 0 Å². The summed E-state index contributed by atoms with van der Waals surface area (Å²) in [4.78, 5) is 2.67. The van der Waals surface area contributed by atoms with Gasteiger partial charge in [0.15, 0.2) is 0 Å². The lowest BCUT2D eigenvalue weighted by Crippen LogP contribution is -2.45. The average molecular weight is 271 g/mol. The molecule has 1 N–H and O–H groups in total. The summed E-state index contributed by atoms with van der Waals surface area (Å²) >= 11 is 0. The van der Waals surface area contributed by atoms with E-state index in [1.807, 2.05) is 0 Å². The molecule has 0 saturated heterocycles. The van der Waals surface area contributed by atoms with E-state index in [2.05, 4.69) is 58.7 Å². The number of rotatable bonds is 11. The molecule has 1 atom stereocenters. The van der Waals surface area contributed by atoms with Crippen molar-refractivity contribution in [3.63, 3.8) is 0 Å². The standard InChI is InChI=1S/C17H38N2/c1-8-18-17(16(6)7)13-19(11-9-14(2)3)12-10-15(4)5/h14-18H,8-13H2,1-7H3. The first-order chi connectivity index (χ1) is 8.86. The van der Waals surface area contributed by atoms with Gasteiger partial charge in [-0.05, 0) is 50.2 Å². The molecule has 19 heavy (non-hydrogen) atoms. The Morgan fingerprint density at radius 2 is 1.32 bits per heavy atom. The molecule has 0 radical (unpaired) electrons. The van der Waals surface area contributed by atoms with E-state index in [1.165, 1.54) is 32.5 Å². The molecule has 0 bridgehead atoms. The van der Waals surface area contributed by atoms with Gasteiger partial charge in [-0.15, -0.1) is 0 Å². The molecule has 0 aliphatic heterocycles. The Balaban J connectivity index is 4.34. The normalized spacial score (nSPS) is 14.1. The van der Waals surface area contributed by atoms with Crippen LogP contribution < -0.4 is 5.32 Å². The van der Waals surface area contributed by atoms with E-state index in [-0.39, 0.29) is 0 Å². The molecule has 0 aliphatic rings. The van der Waals surface area contributed by atoms with E-state index in [4.69, 9.17) is 0 Å². The third-order valence-electron chi connectivity index (χ3n) is 3.77. The highest BCUT2D eigenvalue weighted by atomic mass is 15.1. The summed E-state index contributed by atoms with van der Waals surface area (Å²) in [5.41, 5.74) is 0. The summed E-state index contributed by atoms with van der Waals surface area (Å²) < 4.78 is 0. The summed E-state index contributed by atoms with van der Waals surface area (Å²) in [5, 5.41) is 3.65. The topological polar surface area (TPSA) is 15.3 Å². The second-order valence-electron chi connectivity index (χ2n) is 7.07. The van der Waals surface area contributed by atoms with Crippen molar-refractivity contribution in [3.05, 3.63) is 0 Å². The SMILES string of the molecule is CCNC(CN(CCC(C)C)CCC(C)C)C(C)C. The minimum atomic E-state index is 0.629. The number of nitrogens with zero attached hydrogens (tertiary/aromatic N) is 1. The third kappa shape index (κ3) is 10.4. The molecule has 0 aromatic heterocycles. The Hall–Kier alpha value is -0.0800. The molecule has 2 heteroatoms. The predicted molar refractivity (Wildman–Crippen MR) is 87.7 cm³/mol. The smallest absolute Gasteiger partial charge is 0.0217 e. The second-order valence-corrected chi connectivity index (χ2v) is 7.07. The molecule has 1 unspecified atom stereocenters. The summed E-state index contributed by atoms with van der Waals surface area (Å²) in [7, 11) is 0. The molecular weight excluding hydrogens is 232 g/mol. The van der Waals surface area contributed by atoms with Gasteiger partial charge in [-0.1, -0.05) is 48.5 Å². The fourth-order valence-corrected chi connectivity index (χ4v) is 2.23. The van der Waals surface area contributed by atoms with Crippen molar-refractivity contribution < 1.29 is 0 Å². The van der Waals surface area contributed by atoms with Crippen LogP contribution in [0.1, 0.15) is 61.3 Å². The largest absolute Gasteiger partial charge is 0.313 e. The number of likely N-dealkylation sites (N-methyl/N-ethyl adjacent to an activating group) is 1. The lowest BCUT2D eigenvalue weighted by Gasteiger charge is -2.31. The Bertz CT molecular complexity index is 187. The van der Waals surface area contributed by atoms with Gasteiger partial charge >= 0.3 is 0 Å². The Morgan fingerprint density at radius 1 is 0.842 bits per heavy atom. The molecule has 0 amide bonds. The van der Waals surface area contributed by atoms with Crippen LogP contribution >= 0.6 is 0 Å². The maximum atomic E-state index is 3.65. The molecule has 2 nitrogen and oxygen atoms in total. The van der Waals surface area contributed by atoms with E-state index in [0.717, 1.165) is 18.4 Å². The highest BCUT2D eigenvalue weighted by Gasteiger charge is 2.17. The van der Waals surface area contributed by atoms with Crippen LogP contribution in [0.2, 0.25) is 0 Å². The predicted octanol–water partition coefficient (Wildman–Crippen LogP) is 4.01. The van der Waals surface area contributed by atoms with Gasteiger partial charge in [-0.3, -0.25) is 0 Å². The molecular formula is C17H38N2. The van der Waals surface area contributed by atoms with Crippen molar-refractivity contribution in [1.29, 1.82) is 0 Å². The molecule has 0 aromatic rings. The van der Waals surface area contributed by atoms with Gasteiger partial charge in [-0.2, -0.15) is 0 Å². The van der Waals surface area contributed by atoms with Gasteiger partial charge in [0, 0.05) is 12.6 Å². The van der Waals surface area contributed by atoms with Crippen LogP contribution in [0.4, 0.5) is 0 Å². The molecule has 0 saturated carbocycles. The zero-order valence-electron chi connectivity index (χ0n) is 14.5. The van der Waals surface area contributed by atoms with E-state index >= 15 is 0 Å². The number of hydrogen-bond donors (Lipinski definition) is 1. The van der Waals surface area contributed by atoms with Crippen molar-refractivity contribution in [2.45, 2.75) is 67.3 Å². The van der Waals surface area contributed by atoms with Crippen molar-refractivity contribution in [1.82, 2.24) is 10.2 Å². The quantitative estimate of drug-likeness (QED) is 0.610. The minimum absolute atomic E-state index is 0.629. The summed E-state index contributed by atoms with van der Waals surface area (Å²) in [6.45, 7) is 20.9.